The van der Waals surface area contributed by atoms with Gasteiger partial charge in [-0.05, 0) is 31.4 Å². The summed E-state index contributed by atoms with van der Waals surface area (Å²) in [5.74, 6) is -0.0902. The van der Waals surface area contributed by atoms with E-state index < -0.39 is 17.4 Å². The molecule has 2 rings (SSSR count). The molecule has 1 aliphatic carbocycles. The average molecular weight is 268 g/mol. The average Bonchev–Trinajstić information content (AvgIpc) is 2.34. The third kappa shape index (κ3) is 3.35. The Hall–Kier alpha value is -1.82. The van der Waals surface area contributed by atoms with E-state index in [1.165, 1.54) is 25.3 Å². The molecule has 1 aliphatic rings. The molecule has 1 aromatic carbocycles. The van der Waals surface area contributed by atoms with E-state index in [9.17, 15) is 14.3 Å². The van der Waals surface area contributed by atoms with E-state index in [1.807, 2.05) is 0 Å². The molecule has 5 nitrogen and oxygen atoms in total. The number of halogens is 1. The van der Waals surface area contributed by atoms with Crippen molar-refractivity contribution < 1.29 is 19.0 Å². The molecule has 0 radical (unpaired) electrons. The Kier molecular flexibility index (Phi) is 3.90. The number of carbonyl (C=O) groups is 1. The van der Waals surface area contributed by atoms with E-state index in [-0.39, 0.29) is 12.2 Å². The molecule has 0 saturated heterocycles. The normalized spacial score (nSPS) is 16.4. The summed E-state index contributed by atoms with van der Waals surface area (Å²) in [6, 6.07) is 3.36. The molecule has 1 fully saturated rings. The summed E-state index contributed by atoms with van der Waals surface area (Å²) in [5.41, 5.74) is -0.538. The molecule has 0 unspecified atom stereocenters. The molecule has 0 spiro atoms. The maximum atomic E-state index is 13.1. The van der Waals surface area contributed by atoms with Crippen molar-refractivity contribution in [2.24, 2.45) is 0 Å². The molecule has 0 bridgehead atoms. The predicted molar refractivity (Wildman–Crippen MR) is 68.8 cm³/mol. The van der Waals surface area contributed by atoms with Crippen LogP contribution in [0.15, 0.2) is 18.2 Å². The lowest BCUT2D eigenvalue weighted by Gasteiger charge is -2.36. The quantitative estimate of drug-likeness (QED) is 0.780. The molecule has 3 N–H and O–H groups in total. The lowest BCUT2D eigenvalue weighted by atomic mass is 9.80. The van der Waals surface area contributed by atoms with E-state index in [0.29, 0.717) is 18.6 Å². The van der Waals surface area contributed by atoms with Crippen LogP contribution in [-0.4, -0.2) is 30.4 Å². The number of aliphatic hydroxyl groups is 1. The monoisotopic (exact) mass is 268 g/mol. The van der Waals surface area contributed by atoms with Gasteiger partial charge in [0.05, 0.1) is 18.4 Å². The van der Waals surface area contributed by atoms with Crippen LogP contribution in [0.3, 0.4) is 0 Å². The number of methoxy groups -OCH3 is 1. The van der Waals surface area contributed by atoms with Gasteiger partial charge in [-0.2, -0.15) is 0 Å². The number of carbonyl (C=O) groups excluding carboxylic acids is 1. The standard InChI is InChI=1S/C13H17FN2O3/c1-19-11-4-3-9(14)7-10(11)16-12(17)15-8-13(18)5-2-6-13/h3-4,7,18H,2,5-6,8H2,1H3,(H2,15,16,17). The summed E-state index contributed by atoms with van der Waals surface area (Å²) < 4.78 is 18.1. The Labute approximate surface area is 110 Å². The first kappa shape index (κ1) is 13.6. The van der Waals surface area contributed by atoms with Crippen molar-refractivity contribution in [1.29, 1.82) is 0 Å². The second-order valence-corrected chi connectivity index (χ2v) is 4.73. The molecule has 1 saturated carbocycles. The maximum Gasteiger partial charge on any atom is 0.319 e. The first-order chi connectivity index (χ1) is 9.02. The van der Waals surface area contributed by atoms with Gasteiger partial charge in [0.2, 0.25) is 0 Å². The van der Waals surface area contributed by atoms with Crippen molar-refractivity contribution in [1.82, 2.24) is 5.32 Å². The van der Waals surface area contributed by atoms with Gasteiger partial charge in [-0.15, -0.1) is 0 Å². The van der Waals surface area contributed by atoms with Gasteiger partial charge in [-0.25, -0.2) is 9.18 Å². The zero-order valence-electron chi connectivity index (χ0n) is 10.7. The zero-order chi connectivity index (χ0) is 13.9. The van der Waals surface area contributed by atoms with Crippen molar-refractivity contribution in [3.05, 3.63) is 24.0 Å². The number of rotatable bonds is 4. The number of ether oxygens (including phenoxy) is 1. The van der Waals surface area contributed by atoms with Crippen LogP contribution in [0.2, 0.25) is 0 Å². The molecule has 0 atom stereocenters. The number of amides is 2. The van der Waals surface area contributed by atoms with Gasteiger partial charge in [0, 0.05) is 12.6 Å². The van der Waals surface area contributed by atoms with Crippen LogP contribution in [0.4, 0.5) is 14.9 Å². The highest BCUT2D eigenvalue weighted by Gasteiger charge is 2.34. The molecular formula is C13H17FN2O3. The van der Waals surface area contributed by atoms with Crippen LogP contribution < -0.4 is 15.4 Å². The minimum Gasteiger partial charge on any atom is -0.495 e. The largest absolute Gasteiger partial charge is 0.495 e. The lowest BCUT2D eigenvalue weighted by molar-refractivity contribution is -0.0287. The maximum absolute atomic E-state index is 13.1. The van der Waals surface area contributed by atoms with Crippen molar-refractivity contribution >= 4 is 11.7 Å². The summed E-state index contributed by atoms with van der Waals surface area (Å²) in [5, 5.41) is 14.9. The van der Waals surface area contributed by atoms with Gasteiger partial charge < -0.3 is 20.5 Å². The highest BCUT2D eigenvalue weighted by Crippen LogP contribution is 2.30. The number of benzene rings is 1. The van der Waals surface area contributed by atoms with Crippen LogP contribution in [0, 0.1) is 5.82 Å². The van der Waals surface area contributed by atoms with Crippen LogP contribution in [0.5, 0.6) is 5.75 Å². The van der Waals surface area contributed by atoms with Crippen LogP contribution >= 0.6 is 0 Å². The van der Waals surface area contributed by atoms with Crippen LogP contribution in [-0.2, 0) is 0 Å². The Morgan fingerprint density at radius 1 is 1.53 bits per heavy atom. The molecule has 2 amide bonds. The first-order valence-electron chi connectivity index (χ1n) is 6.13. The van der Waals surface area contributed by atoms with Crippen molar-refractivity contribution in [2.45, 2.75) is 24.9 Å². The zero-order valence-corrected chi connectivity index (χ0v) is 10.7. The van der Waals surface area contributed by atoms with E-state index in [4.69, 9.17) is 4.74 Å². The third-order valence-electron chi connectivity index (χ3n) is 3.27. The second-order valence-electron chi connectivity index (χ2n) is 4.73. The highest BCUT2D eigenvalue weighted by atomic mass is 19.1. The molecular weight excluding hydrogens is 251 g/mol. The van der Waals surface area contributed by atoms with Gasteiger partial charge in [-0.3, -0.25) is 0 Å². The molecule has 0 aromatic heterocycles. The number of hydrogen-bond donors (Lipinski definition) is 3. The third-order valence-corrected chi connectivity index (χ3v) is 3.27. The Morgan fingerprint density at radius 3 is 2.84 bits per heavy atom. The number of hydrogen-bond acceptors (Lipinski definition) is 3. The lowest BCUT2D eigenvalue weighted by Crippen LogP contribution is -2.48. The van der Waals surface area contributed by atoms with Gasteiger partial charge >= 0.3 is 6.03 Å². The summed E-state index contributed by atoms with van der Waals surface area (Å²) in [6.45, 7) is 0.191. The van der Waals surface area contributed by atoms with E-state index >= 15 is 0 Å². The molecule has 104 valence electrons. The number of anilines is 1. The van der Waals surface area contributed by atoms with Crippen LogP contribution in [0.25, 0.3) is 0 Å². The smallest absolute Gasteiger partial charge is 0.319 e. The van der Waals surface area contributed by atoms with E-state index in [2.05, 4.69) is 10.6 Å². The van der Waals surface area contributed by atoms with Crippen LogP contribution in [0.1, 0.15) is 19.3 Å². The fourth-order valence-electron chi connectivity index (χ4n) is 1.95. The van der Waals surface area contributed by atoms with Crippen molar-refractivity contribution in [3.63, 3.8) is 0 Å². The molecule has 1 aromatic rings. The van der Waals surface area contributed by atoms with Gasteiger partial charge in [0.15, 0.2) is 0 Å². The Morgan fingerprint density at radius 2 is 2.26 bits per heavy atom. The van der Waals surface area contributed by atoms with Gasteiger partial charge in [0.1, 0.15) is 11.6 Å². The minimum atomic E-state index is -0.788. The Balaban J connectivity index is 1.92. The molecule has 6 heteroatoms. The molecule has 0 aliphatic heterocycles. The second kappa shape index (κ2) is 5.44. The summed E-state index contributed by atoms with van der Waals surface area (Å²) >= 11 is 0. The van der Waals surface area contributed by atoms with Crippen molar-refractivity contribution in [2.75, 3.05) is 19.0 Å². The predicted octanol–water partition coefficient (Wildman–Crippen LogP) is 1.87. The summed E-state index contributed by atoms with van der Waals surface area (Å²) in [7, 11) is 1.44. The van der Waals surface area contributed by atoms with E-state index in [0.717, 1.165) is 6.42 Å². The van der Waals surface area contributed by atoms with E-state index in [1.54, 1.807) is 0 Å². The SMILES string of the molecule is COc1ccc(F)cc1NC(=O)NCC1(O)CCC1. The first-order valence-corrected chi connectivity index (χ1v) is 6.13. The van der Waals surface area contributed by atoms with Crippen molar-refractivity contribution in [3.8, 4) is 5.75 Å². The summed E-state index contributed by atoms with van der Waals surface area (Å²) in [6.07, 6.45) is 2.35. The van der Waals surface area contributed by atoms with Gasteiger partial charge in [-0.1, -0.05) is 0 Å². The summed E-state index contributed by atoms with van der Waals surface area (Å²) in [4.78, 5) is 11.7. The fraction of sp³-hybridized carbons (Fsp3) is 0.462. The fourth-order valence-corrected chi connectivity index (χ4v) is 1.95. The number of urea groups is 1. The Bertz CT molecular complexity index is 475. The highest BCUT2D eigenvalue weighted by molar-refractivity contribution is 5.90. The minimum absolute atomic E-state index is 0.191. The topological polar surface area (TPSA) is 70.6 Å². The molecule has 0 heterocycles. The van der Waals surface area contributed by atoms with Gasteiger partial charge in [0.25, 0.3) is 0 Å². The molecule has 19 heavy (non-hydrogen) atoms. The number of nitrogens with one attached hydrogen (secondary N) is 2.